The highest BCUT2D eigenvalue weighted by molar-refractivity contribution is 9.10. The normalized spacial score (nSPS) is 16.5. The maximum atomic E-state index is 12.9. The van der Waals surface area contributed by atoms with Crippen LogP contribution in [0, 0.1) is 6.92 Å². The van der Waals surface area contributed by atoms with E-state index in [9.17, 15) is 13.2 Å². The fourth-order valence-electron chi connectivity index (χ4n) is 3.06. The Kier molecular flexibility index (Phi) is 5.50. The number of amides is 1. The molecule has 0 atom stereocenters. The van der Waals surface area contributed by atoms with Crippen LogP contribution >= 0.6 is 15.9 Å². The number of carbonyl (C=O) groups excluding carboxylic acids is 1. The lowest BCUT2D eigenvalue weighted by Gasteiger charge is -2.21. The molecule has 1 amide bonds. The highest BCUT2D eigenvalue weighted by Gasteiger charge is 2.26. The molecule has 0 radical (unpaired) electrons. The van der Waals surface area contributed by atoms with Gasteiger partial charge < -0.3 is 4.90 Å². The van der Waals surface area contributed by atoms with Gasteiger partial charge in [-0.05, 0) is 37.6 Å². The number of carbonyl (C=O) groups is 1. The molecule has 26 heavy (non-hydrogen) atoms. The van der Waals surface area contributed by atoms with Crippen molar-refractivity contribution in [3.8, 4) is 5.69 Å². The average molecular weight is 441 g/mol. The molecule has 140 valence electrons. The van der Waals surface area contributed by atoms with Crippen molar-refractivity contribution in [3.05, 3.63) is 46.2 Å². The number of halogens is 1. The molecule has 0 aliphatic carbocycles. The van der Waals surface area contributed by atoms with Crippen LogP contribution in [-0.2, 0) is 10.0 Å². The number of aromatic nitrogens is 2. The number of rotatable bonds is 3. The van der Waals surface area contributed by atoms with Crippen molar-refractivity contribution in [2.75, 3.05) is 32.4 Å². The van der Waals surface area contributed by atoms with Gasteiger partial charge in [-0.1, -0.05) is 15.9 Å². The van der Waals surface area contributed by atoms with E-state index in [1.54, 1.807) is 15.8 Å². The first-order chi connectivity index (χ1) is 12.3. The highest BCUT2D eigenvalue weighted by Crippen LogP contribution is 2.19. The molecule has 1 fully saturated rings. The van der Waals surface area contributed by atoms with Gasteiger partial charge in [-0.25, -0.2) is 17.4 Å². The maximum absolute atomic E-state index is 12.9. The molecule has 7 nitrogen and oxygen atoms in total. The van der Waals surface area contributed by atoms with Crippen LogP contribution in [0.4, 0.5) is 0 Å². The second kappa shape index (κ2) is 7.50. The van der Waals surface area contributed by atoms with Crippen molar-refractivity contribution in [2.24, 2.45) is 0 Å². The molecule has 1 aromatic carbocycles. The second-order valence-electron chi connectivity index (χ2n) is 6.34. The van der Waals surface area contributed by atoms with Gasteiger partial charge >= 0.3 is 0 Å². The number of hydrogen-bond acceptors (Lipinski definition) is 4. The van der Waals surface area contributed by atoms with Gasteiger partial charge in [0.2, 0.25) is 10.0 Å². The molecule has 0 bridgehead atoms. The summed E-state index contributed by atoms with van der Waals surface area (Å²) in [7, 11) is -3.23. The van der Waals surface area contributed by atoms with Gasteiger partial charge in [0.1, 0.15) is 0 Å². The first kappa shape index (κ1) is 19.1. The summed E-state index contributed by atoms with van der Waals surface area (Å²) in [6, 6.07) is 7.70. The first-order valence-corrected chi connectivity index (χ1v) is 11.0. The molecule has 1 aliphatic heterocycles. The van der Waals surface area contributed by atoms with Crippen LogP contribution in [0.15, 0.2) is 34.9 Å². The maximum Gasteiger partial charge on any atom is 0.257 e. The summed E-state index contributed by atoms with van der Waals surface area (Å²) in [5.41, 5.74) is 2.19. The minimum atomic E-state index is -3.23. The number of benzene rings is 1. The molecule has 0 unspecified atom stereocenters. The molecule has 2 heterocycles. The summed E-state index contributed by atoms with van der Waals surface area (Å²) in [6.07, 6.45) is 3.41. The number of nitrogens with zero attached hydrogens (tertiary/aromatic N) is 4. The predicted molar refractivity (Wildman–Crippen MR) is 103 cm³/mol. The fraction of sp³-hybridized carbons (Fsp3) is 0.412. The minimum absolute atomic E-state index is 0.110. The van der Waals surface area contributed by atoms with E-state index >= 15 is 0 Å². The molecule has 1 saturated heterocycles. The van der Waals surface area contributed by atoms with Crippen molar-refractivity contribution in [3.63, 3.8) is 0 Å². The Hall–Kier alpha value is -1.71. The Morgan fingerprint density at radius 2 is 1.81 bits per heavy atom. The number of hydrogen-bond donors (Lipinski definition) is 0. The highest BCUT2D eigenvalue weighted by atomic mass is 79.9. The van der Waals surface area contributed by atoms with Crippen LogP contribution in [0.1, 0.15) is 22.5 Å². The topological polar surface area (TPSA) is 75.5 Å². The Labute approximate surface area is 161 Å². The molecule has 0 saturated carbocycles. The zero-order chi connectivity index (χ0) is 18.9. The van der Waals surface area contributed by atoms with E-state index in [-0.39, 0.29) is 5.91 Å². The summed E-state index contributed by atoms with van der Waals surface area (Å²) in [5.74, 6) is -0.110. The standard InChI is InChI=1S/C17H21BrN4O3S/c1-13-16(12-19-22(13)15-6-4-14(18)5-7-15)17(23)20-8-3-9-21(11-10-20)26(2,24)25/h4-7,12H,3,8-11H2,1-2H3. The van der Waals surface area contributed by atoms with Gasteiger partial charge in [-0.15, -0.1) is 0 Å². The van der Waals surface area contributed by atoms with E-state index in [2.05, 4.69) is 21.0 Å². The largest absolute Gasteiger partial charge is 0.337 e. The number of sulfonamides is 1. The molecule has 2 aromatic rings. The summed E-state index contributed by atoms with van der Waals surface area (Å²) < 4.78 is 27.6. The second-order valence-corrected chi connectivity index (χ2v) is 9.24. The zero-order valence-electron chi connectivity index (χ0n) is 14.7. The Bertz CT molecular complexity index is 909. The van der Waals surface area contributed by atoms with Gasteiger partial charge in [0.25, 0.3) is 5.91 Å². The van der Waals surface area contributed by atoms with Crippen LogP contribution in [0.2, 0.25) is 0 Å². The Balaban J connectivity index is 1.79. The van der Waals surface area contributed by atoms with Crippen molar-refractivity contribution < 1.29 is 13.2 Å². The van der Waals surface area contributed by atoms with E-state index in [0.717, 1.165) is 15.9 Å². The third-order valence-corrected chi connectivity index (χ3v) is 6.35. The zero-order valence-corrected chi connectivity index (χ0v) is 17.1. The van der Waals surface area contributed by atoms with Crippen LogP contribution < -0.4 is 0 Å². The predicted octanol–water partition coefficient (Wildman–Crippen LogP) is 2.05. The van der Waals surface area contributed by atoms with Crippen LogP contribution in [-0.4, -0.2) is 65.7 Å². The van der Waals surface area contributed by atoms with Crippen LogP contribution in [0.25, 0.3) is 5.69 Å². The van der Waals surface area contributed by atoms with E-state index in [1.165, 1.54) is 10.6 Å². The lowest BCUT2D eigenvalue weighted by molar-refractivity contribution is 0.0763. The molecule has 1 aromatic heterocycles. The van der Waals surface area contributed by atoms with Gasteiger partial charge in [-0.2, -0.15) is 5.10 Å². The summed E-state index contributed by atoms with van der Waals surface area (Å²) in [6.45, 7) is 3.55. The van der Waals surface area contributed by atoms with Gasteiger partial charge in [0.05, 0.1) is 29.4 Å². The summed E-state index contributed by atoms with van der Waals surface area (Å²) in [4.78, 5) is 14.6. The average Bonchev–Trinajstić information content (AvgIpc) is 2.81. The minimum Gasteiger partial charge on any atom is -0.337 e. The summed E-state index contributed by atoms with van der Waals surface area (Å²) in [5, 5.41) is 4.36. The molecule has 9 heteroatoms. The van der Waals surface area contributed by atoms with Crippen molar-refractivity contribution in [1.82, 2.24) is 19.0 Å². The SMILES string of the molecule is Cc1c(C(=O)N2CCCN(S(C)(=O)=O)CC2)cnn1-c1ccc(Br)cc1. The van der Waals surface area contributed by atoms with Crippen LogP contribution in [0.5, 0.6) is 0 Å². The molecular formula is C17H21BrN4O3S. The molecular weight excluding hydrogens is 420 g/mol. The van der Waals surface area contributed by atoms with E-state index in [1.807, 2.05) is 31.2 Å². The Morgan fingerprint density at radius 3 is 2.46 bits per heavy atom. The summed E-state index contributed by atoms with van der Waals surface area (Å²) >= 11 is 3.41. The van der Waals surface area contributed by atoms with Crippen molar-refractivity contribution in [2.45, 2.75) is 13.3 Å². The van der Waals surface area contributed by atoms with E-state index in [0.29, 0.717) is 38.2 Å². The molecule has 0 spiro atoms. The molecule has 0 N–H and O–H groups in total. The first-order valence-electron chi connectivity index (χ1n) is 8.32. The van der Waals surface area contributed by atoms with Crippen molar-refractivity contribution >= 4 is 31.9 Å². The fourth-order valence-corrected chi connectivity index (χ4v) is 4.20. The quantitative estimate of drug-likeness (QED) is 0.731. The monoisotopic (exact) mass is 440 g/mol. The van der Waals surface area contributed by atoms with Gasteiger partial charge in [-0.3, -0.25) is 4.79 Å². The lowest BCUT2D eigenvalue weighted by atomic mass is 10.2. The van der Waals surface area contributed by atoms with E-state index in [4.69, 9.17) is 0 Å². The van der Waals surface area contributed by atoms with Crippen LogP contribution in [0.3, 0.4) is 0 Å². The van der Waals surface area contributed by atoms with Gasteiger partial charge in [0, 0.05) is 30.7 Å². The Morgan fingerprint density at radius 1 is 1.12 bits per heavy atom. The third kappa shape index (κ3) is 3.99. The smallest absolute Gasteiger partial charge is 0.257 e. The lowest BCUT2D eigenvalue weighted by Crippen LogP contribution is -2.37. The third-order valence-electron chi connectivity index (χ3n) is 4.52. The molecule has 1 aliphatic rings. The van der Waals surface area contributed by atoms with Crippen molar-refractivity contribution in [1.29, 1.82) is 0 Å². The molecule has 3 rings (SSSR count). The van der Waals surface area contributed by atoms with Gasteiger partial charge in [0.15, 0.2) is 0 Å². The van der Waals surface area contributed by atoms with E-state index < -0.39 is 10.0 Å².